The van der Waals surface area contributed by atoms with E-state index in [9.17, 15) is 9.59 Å². The van der Waals surface area contributed by atoms with E-state index in [1.165, 1.54) is 10.6 Å². The Morgan fingerprint density at radius 1 is 1.36 bits per heavy atom. The average Bonchev–Trinajstić information content (AvgIpc) is 2.67. The quantitative estimate of drug-likeness (QED) is 0.873. The highest BCUT2D eigenvalue weighted by Crippen LogP contribution is 2.20. The van der Waals surface area contributed by atoms with Crippen molar-refractivity contribution in [2.75, 3.05) is 32.8 Å². The molecule has 0 radical (unpaired) electrons. The smallest absolute Gasteiger partial charge is 0.270 e. The molecular weight excluding hydrogens is 320 g/mol. The number of nitrogens with one attached hydrogen (secondary N) is 1. The van der Waals surface area contributed by atoms with Crippen LogP contribution in [0.5, 0.6) is 0 Å². The number of ether oxygens (including phenoxy) is 1. The number of nitrogens with zero attached hydrogens (tertiary/aromatic N) is 3. The van der Waals surface area contributed by atoms with E-state index in [-0.39, 0.29) is 22.6 Å². The highest BCUT2D eigenvalue weighted by Gasteiger charge is 2.32. The van der Waals surface area contributed by atoms with Crippen LogP contribution in [0, 0.1) is 0 Å². The zero-order chi connectivity index (χ0) is 17.9. The third kappa shape index (κ3) is 3.57. The third-order valence-electron chi connectivity index (χ3n) is 5.02. The van der Waals surface area contributed by atoms with Crippen molar-refractivity contribution in [3.05, 3.63) is 46.5 Å². The minimum atomic E-state index is -0.385. The van der Waals surface area contributed by atoms with Gasteiger partial charge in [0.1, 0.15) is 11.2 Å². The monoisotopic (exact) mass is 344 g/mol. The van der Waals surface area contributed by atoms with Gasteiger partial charge < -0.3 is 10.1 Å². The van der Waals surface area contributed by atoms with E-state index in [1.54, 1.807) is 24.4 Å². The molecule has 1 saturated heterocycles. The van der Waals surface area contributed by atoms with Gasteiger partial charge in [0.05, 0.1) is 13.2 Å². The number of rotatable bonds is 5. The topological polar surface area (TPSA) is 75.9 Å². The molecule has 0 saturated carbocycles. The molecule has 1 N–H and O–H groups in total. The first-order valence-electron chi connectivity index (χ1n) is 8.62. The predicted octanol–water partition coefficient (Wildman–Crippen LogP) is 0.925. The van der Waals surface area contributed by atoms with Crippen LogP contribution < -0.4 is 10.9 Å². The van der Waals surface area contributed by atoms with Gasteiger partial charge in [0.25, 0.3) is 11.5 Å². The van der Waals surface area contributed by atoms with E-state index in [0.717, 1.165) is 19.5 Å². The van der Waals surface area contributed by atoms with Gasteiger partial charge in [0.2, 0.25) is 0 Å². The van der Waals surface area contributed by atoms with Crippen LogP contribution in [0.3, 0.4) is 0 Å². The highest BCUT2D eigenvalue weighted by atomic mass is 16.5. The van der Waals surface area contributed by atoms with E-state index in [1.807, 2.05) is 0 Å². The number of carbonyl (C=O) groups excluding carboxylic acids is 1. The van der Waals surface area contributed by atoms with E-state index in [4.69, 9.17) is 4.74 Å². The molecule has 1 fully saturated rings. The molecule has 7 heteroatoms. The summed E-state index contributed by atoms with van der Waals surface area (Å²) >= 11 is 0. The van der Waals surface area contributed by atoms with Crippen molar-refractivity contribution < 1.29 is 9.53 Å². The van der Waals surface area contributed by atoms with E-state index in [0.29, 0.717) is 25.4 Å². The molecule has 0 aromatic carbocycles. The van der Waals surface area contributed by atoms with Crippen LogP contribution in [0.25, 0.3) is 5.65 Å². The Morgan fingerprint density at radius 2 is 2.12 bits per heavy atom. The van der Waals surface area contributed by atoms with Crippen molar-refractivity contribution in [2.45, 2.75) is 25.8 Å². The molecule has 7 nitrogen and oxygen atoms in total. The molecule has 1 atom stereocenters. The molecule has 0 spiro atoms. The zero-order valence-corrected chi connectivity index (χ0v) is 14.7. The molecule has 1 amide bonds. The van der Waals surface area contributed by atoms with Gasteiger partial charge in [-0.15, -0.1) is 0 Å². The lowest BCUT2D eigenvalue weighted by atomic mass is 9.95. The van der Waals surface area contributed by atoms with E-state index >= 15 is 0 Å². The molecule has 1 aliphatic heterocycles. The van der Waals surface area contributed by atoms with Crippen LogP contribution in [0.2, 0.25) is 0 Å². The summed E-state index contributed by atoms with van der Waals surface area (Å²) in [6, 6.07) is 5.27. The Bertz CT molecular complexity index is 813. The summed E-state index contributed by atoms with van der Waals surface area (Å²) < 4.78 is 6.79. The number of aromatic nitrogens is 2. The Labute approximate surface area is 146 Å². The third-order valence-corrected chi connectivity index (χ3v) is 5.02. The normalized spacial score (nSPS) is 18.0. The maximum atomic E-state index is 12.5. The van der Waals surface area contributed by atoms with Crippen molar-refractivity contribution in [2.24, 2.45) is 0 Å². The number of amides is 1. The molecule has 25 heavy (non-hydrogen) atoms. The fraction of sp³-hybridized carbons (Fsp3) is 0.500. The second-order valence-corrected chi connectivity index (χ2v) is 6.54. The first kappa shape index (κ1) is 17.6. The van der Waals surface area contributed by atoms with Gasteiger partial charge in [-0.1, -0.05) is 13.0 Å². The lowest BCUT2D eigenvalue weighted by Gasteiger charge is -2.43. The van der Waals surface area contributed by atoms with Gasteiger partial charge in [0, 0.05) is 37.6 Å². The molecule has 0 bridgehead atoms. The first-order valence-corrected chi connectivity index (χ1v) is 8.62. The second kappa shape index (κ2) is 7.33. The summed E-state index contributed by atoms with van der Waals surface area (Å²) in [6.07, 6.45) is 3.86. The van der Waals surface area contributed by atoms with Crippen molar-refractivity contribution in [1.29, 1.82) is 0 Å². The molecule has 3 heterocycles. The molecule has 3 rings (SSSR count). The van der Waals surface area contributed by atoms with Crippen LogP contribution in [0.4, 0.5) is 0 Å². The first-order chi connectivity index (χ1) is 12.0. The van der Waals surface area contributed by atoms with Crippen LogP contribution in [-0.4, -0.2) is 58.6 Å². The molecule has 0 unspecified atom stereocenters. The lowest BCUT2D eigenvalue weighted by Crippen LogP contribution is -2.57. The van der Waals surface area contributed by atoms with Gasteiger partial charge in [-0.3, -0.25) is 18.9 Å². The van der Waals surface area contributed by atoms with E-state index in [2.05, 4.69) is 29.0 Å². The summed E-state index contributed by atoms with van der Waals surface area (Å²) in [5.41, 5.74) is 0.0625. The van der Waals surface area contributed by atoms with Gasteiger partial charge in [0.15, 0.2) is 0 Å². The lowest BCUT2D eigenvalue weighted by molar-refractivity contribution is -0.0169. The standard InChI is InChI=1S/C18H24N4O3/c1-3-18(2,21-8-10-25-11-9-21)13-20-16(23)14-12-19-15-6-4-5-7-22(15)17(14)24/h4-7,12H,3,8-11,13H2,1-2H3,(H,20,23)/t18-/m0/s1. The Morgan fingerprint density at radius 3 is 2.84 bits per heavy atom. The molecule has 0 aliphatic carbocycles. The number of carbonyl (C=O) groups is 1. The summed E-state index contributed by atoms with van der Waals surface area (Å²) in [5.74, 6) is -0.385. The fourth-order valence-corrected chi connectivity index (χ4v) is 3.11. The summed E-state index contributed by atoms with van der Waals surface area (Å²) in [5, 5.41) is 2.92. The number of fused-ring (bicyclic) bond motifs is 1. The molecule has 134 valence electrons. The predicted molar refractivity (Wildman–Crippen MR) is 94.9 cm³/mol. The van der Waals surface area contributed by atoms with Crippen molar-refractivity contribution >= 4 is 11.6 Å². The van der Waals surface area contributed by atoms with Gasteiger partial charge in [-0.05, 0) is 25.5 Å². The minimum Gasteiger partial charge on any atom is -0.379 e. The molecule has 2 aromatic heterocycles. The number of pyridine rings is 1. The van der Waals surface area contributed by atoms with Gasteiger partial charge in [-0.2, -0.15) is 0 Å². The minimum absolute atomic E-state index is 0.0594. The summed E-state index contributed by atoms with van der Waals surface area (Å²) in [7, 11) is 0. The Balaban J connectivity index is 1.75. The summed E-state index contributed by atoms with van der Waals surface area (Å²) in [4.78, 5) is 31.6. The van der Waals surface area contributed by atoms with Crippen molar-refractivity contribution in [3.8, 4) is 0 Å². The van der Waals surface area contributed by atoms with E-state index < -0.39 is 0 Å². The van der Waals surface area contributed by atoms with Crippen LogP contribution in [0.1, 0.15) is 30.6 Å². The van der Waals surface area contributed by atoms with Gasteiger partial charge in [-0.25, -0.2) is 4.98 Å². The Kier molecular flexibility index (Phi) is 5.15. The largest absolute Gasteiger partial charge is 0.379 e. The van der Waals surface area contributed by atoms with Crippen LogP contribution in [-0.2, 0) is 4.74 Å². The fourth-order valence-electron chi connectivity index (χ4n) is 3.11. The van der Waals surface area contributed by atoms with Crippen molar-refractivity contribution in [3.63, 3.8) is 0 Å². The van der Waals surface area contributed by atoms with Crippen LogP contribution >= 0.6 is 0 Å². The second-order valence-electron chi connectivity index (χ2n) is 6.54. The molecule has 2 aromatic rings. The number of hydrogen-bond donors (Lipinski definition) is 1. The molecular formula is C18H24N4O3. The molecule has 1 aliphatic rings. The Hall–Kier alpha value is -2.25. The van der Waals surface area contributed by atoms with Crippen LogP contribution in [0.15, 0.2) is 35.4 Å². The zero-order valence-electron chi connectivity index (χ0n) is 14.7. The highest BCUT2D eigenvalue weighted by molar-refractivity contribution is 5.93. The SMILES string of the molecule is CC[C@@](C)(CNC(=O)c1cnc2ccccn2c1=O)N1CCOCC1. The number of hydrogen-bond acceptors (Lipinski definition) is 5. The maximum absolute atomic E-state index is 12.5. The average molecular weight is 344 g/mol. The van der Waals surface area contributed by atoms with Gasteiger partial charge >= 0.3 is 0 Å². The summed E-state index contributed by atoms with van der Waals surface area (Å²) in [6.45, 7) is 7.82. The van der Waals surface area contributed by atoms with Crippen molar-refractivity contribution in [1.82, 2.24) is 19.6 Å². The number of morpholine rings is 1. The maximum Gasteiger partial charge on any atom is 0.270 e.